The molecule has 1 heterocycles. The lowest BCUT2D eigenvalue weighted by Crippen LogP contribution is -2.48. The molecule has 1 saturated heterocycles. The Kier molecular flexibility index (Phi) is 1.60. The minimum atomic E-state index is 0.200. The second kappa shape index (κ2) is 2.48. The van der Waals surface area contributed by atoms with E-state index in [0.29, 0.717) is 18.4 Å². The molecule has 1 aliphatic carbocycles. The number of hydrogen-bond acceptors (Lipinski definition) is 2. The zero-order valence-corrected chi connectivity index (χ0v) is 6.67. The molecular weight excluding hydrogens is 142 g/mol. The fraction of sp³-hybridized carbons (Fsp3) is 0.875. The summed E-state index contributed by atoms with van der Waals surface area (Å²) in [5, 5.41) is 2.94. The number of ether oxygens (including phenoxy) is 1. The lowest BCUT2D eigenvalue weighted by Gasteiger charge is -2.28. The second-order valence-corrected chi connectivity index (χ2v) is 3.42. The number of rotatable bonds is 1. The molecule has 0 unspecified atom stereocenters. The molecule has 2 bridgehead atoms. The normalized spacial score (nSPS) is 42.3. The molecule has 3 atom stereocenters. The number of methoxy groups -OCH3 is 1. The number of fused-ring (bicyclic) bond motifs is 2. The molecule has 3 nitrogen and oxygen atoms in total. The SMILES string of the molecule is CO[C@H]1[C@@H]2CC[C@H]1NC(=O)C2. The van der Waals surface area contributed by atoms with E-state index in [1.807, 2.05) is 0 Å². The number of hydrogen-bond donors (Lipinski definition) is 1. The van der Waals surface area contributed by atoms with Gasteiger partial charge in [-0.25, -0.2) is 0 Å². The van der Waals surface area contributed by atoms with E-state index in [0.717, 1.165) is 12.8 Å². The van der Waals surface area contributed by atoms with Gasteiger partial charge in [-0.2, -0.15) is 0 Å². The van der Waals surface area contributed by atoms with Gasteiger partial charge in [-0.3, -0.25) is 4.79 Å². The highest BCUT2D eigenvalue weighted by Crippen LogP contribution is 2.34. The monoisotopic (exact) mass is 155 g/mol. The van der Waals surface area contributed by atoms with Gasteiger partial charge in [-0.1, -0.05) is 0 Å². The Morgan fingerprint density at radius 2 is 2.36 bits per heavy atom. The van der Waals surface area contributed by atoms with Gasteiger partial charge in [0.2, 0.25) is 5.91 Å². The maximum Gasteiger partial charge on any atom is 0.220 e. The molecule has 1 aliphatic heterocycles. The van der Waals surface area contributed by atoms with Gasteiger partial charge in [0.25, 0.3) is 0 Å². The van der Waals surface area contributed by atoms with Gasteiger partial charge in [-0.05, 0) is 18.8 Å². The van der Waals surface area contributed by atoms with Gasteiger partial charge in [0.15, 0.2) is 0 Å². The molecule has 62 valence electrons. The maximum absolute atomic E-state index is 11.0. The maximum atomic E-state index is 11.0. The van der Waals surface area contributed by atoms with Crippen molar-refractivity contribution in [1.29, 1.82) is 0 Å². The first-order valence-electron chi connectivity index (χ1n) is 4.13. The van der Waals surface area contributed by atoms with Crippen molar-refractivity contribution in [2.75, 3.05) is 7.11 Å². The Hall–Kier alpha value is -0.570. The molecule has 1 amide bonds. The predicted molar refractivity (Wildman–Crippen MR) is 40.1 cm³/mol. The summed E-state index contributed by atoms with van der Waals surface area (Å²) < 4.78 is 5.31. The van der Waals surface area contributed by atoms with Gasteiger partial charge in [-0.15, -0.1) is 0 Å². The fourth-order valence-electron chi connectivity index (χ4n) is 2.28. The number of amides is 1. The van der Waals surface area contributed by atoms with Crippen LogP contribution in [-0.4, -0.2) is 25.2 Å². The molecule has 1 saturated carbocycles. The summed E-state index contributed by atoms with van der Waals surface area (Å²) in [6.45, 7) is 0. The number of carbonyl (C=O) groups excluding carboxylic acids is 1. The van der Waals surface area contributed by atoms with E-state index in [9.17, 15) is 4.79 Å². The average Bonchev–Trinajstić information content (AvgIpc) is 2.23. The minimum absolute atomic E-state index is 0.200. The van der Waals surface area contributed by atoms with Crippen molar-refractivity contribution in [1.82, 2.24) is 5.32 Å². The van der Waals surface area contributed by atoms with Crippen LogP contribution >= 0.6 is 0 Å². The Balaban J connectivity index is 2.12. The summed E-state index contributed by atoms with van der Waals surface area (Å²) in [5.74, 6) is 0.685. The summed E-state index contributed by atoms with van der Waals surface area (Å²) in [6, 6.07) is 0.297. The Morgan fingerprint density at radius 3 is 3.00 bits per heavy atom. The van der Waals surface area contributed by atoms with Crippen LogP contribution in [0, 0.1) is 5.92 Å². The van der Waals surface area contributed by atoms with Crippen molar-refractivity contribution in [2.24, 2.45) is 5.92 Å². The van der Waals surface area contributed by atoms with Crippen LogP contribution < -0.4 is 5.32 Å². The van der Waals surface area contributed by atoms with Crippen LogP contribution in [0.25, 0.3) is 0 Å². The molecular formula is C8H13NO2. The van der Waals surface area contributed by atoms with Gasteiger partial charge >= 0.3 is 0 Å². The van der Waals surface area contributed by atoms with Crippen LogP contribution in [0.5, 0.6) is 0 Å². The summed E-state index contributed by atoms with van der Waals surface area (Å²) >= 11 is 0. The van der Waals surface area contributed by atoms with Crippen molar-refractivity contribution in [2.45, 2.75) is 31.4 Å². The summed E-state index contributed by atoms with van der Waals surface area (Å²) in [4.78, 5) is 11.0. The first kappa shape index (κ1) is 7.10. The Labute approximate surface area is 66.1 Å². The quantitative estimate of drug-likeness (QED) is 0.591. The molecule has 0 aromatic carbocycles. The lowest BCUT2D eigenvalue weighted by atomic mass is 9.97. The molecule has 0 aromatic heterocycles. The average molecular weight is 155 g/mol. The van der Waals surface area contributed by atoms with Gasteiger partial charge in [0, 0.05) is 13.5 Å². The molecule has 2 fully saturated rings. The molecule has 0 spiro atoms. The molecule has 0 radical (unpaired) electrons. The Morgan fingerprint density at radius 1 is 1.55 bits per heavy atom. The zero-order valence-electron chi connectivity index (χ0n) is 6.67. The lowest BCUT2D eigenvalue weighted by molar-refractivity contribution is -0.127. The van der Waals surface area contributed by atoms with E-state index in [2.05, 4.69) is 5.32 Å². The van der Waals surface area contributed by atoms with Gasteiger partial charge < -0.3 is 10.1 Å². The van der Waals surface area contributed by atoms with Crippen LogP contribution in [0.15, 0.2) is 0 Å². The van der Waals surface area contributed by atoms with E-state index >= 15 is 0 Å². The third kappa shape index (κ3) is 1.03. The standard InChI is InChI=1S/C8H13NO2/c1-11-8-5-2-3-6(8)9-7(10)4-5/h5-6,8H,2-4H2,1H3,(H,9,10)/t5-,6-,8+/m1/s1. The molecule has 2 aliphatic rings. The van der Waals surface area contributed by atoms with Crippen LogP contribution in [0.3, 0.4) is 0 Å². The molecule has 2 rings (SSSR count). The number of piperidine rings is 1. The summed E-state index contributed by atoms with van der Waals surface area (Å²) in [5.41, 5.74) is 0. The predicted octanol–water partition coefficient (Wildman–Crippen LogP) is 0.300. The first-order valence-corrected chi connectivity index (χ1v) is 4.13. The first-order chi connectivity index (χ1) is 5.31. The highest BCUT2D eigenvalue weighted by molar-refractivity contribution is 5.78. The van der Waals surface area contributed by atoms with Crippen molar-refractivity contribution in [3.05, 3.63) is 0 Å². The van der Waals surface area contributed by atoms with Crippen LogP contribution in [0.2, 0.25) is 0 Å². The Bertz CT molecular complexity index is 165. The van der Waals surface area contributed by atoms with Crippen molar-refractivity contribution >= 4 is 5.91 Å². The molecule has 11 heavy (non-hydrogen) atoms. The third-order valence-electron chi connectivity index (χ3n) is 2.78. The van der Waals surface area contributed by atoms with E-state index in [4.69, 9.17) is 4.74 Å². The number of nitrogens with one attached hydrogen (secondary N) is 1. The van der Waals surface area contributed by atoms with Crippen molar-refractivity contribution < 1.29 is 9.53 Å². The molecule has 3 heteroatoms. The fourth-order valence-corrected chi connectivity index (χ4v) is 2.28. The molecule has 1 N–H and O–H groups in total. The van der Waals surface area contributed by atoms with Crippen molar-refractivity contribution in [3.63, 3.8) is 0 Å². The van der Waals surface area contributed by atoms with Crippen LogP contribution in [-0.2, 0) is 9.53 Å². The van der Waals surface area contributed by atoms with Crippen LogP contribution in [0.1, 0.15) is 19.3 Å². The summed E-state index contributed by atoms with van der Waals surface area (Å²) in [6.07, 6.45) is 3.18. The smallest absolute Gasteiger partial charge is 0.220 e. The third-order valence-corrected chi connectivity index (χ3v) is 2.78. The van der Waals surface area contributed by atoms with Gasteiger partial charge in [0.1, 0.15) is 0 Å². The topological polar surface area (TPSA) is 38.3 Å². The second-order valence-electron chi connectivity index (χ2n) is 3.42. The largest absolute Gasteiger partial charge is 0.379 e. The summed E-state index contributed by atoms with van der Waals surface area (Å²) in [7, 11) is 1.73. The van der Waals surface area contributed by atoms with E-state index in [1.54, 1.807) is 7.11 Å². The molecule has 0 aromatic rings. The minimum Gasteiger partial charge on any atom is -0.379 e. The number of carbonyl (C=O) groups is 1. The van der Waals surface area contributed by atoms with Crippen LogP contribution in [0.4, 0.5) is 0 Å². The van der Waals surface area contributed by atoms with Crippen molar-refractivity contribution in [3.8, 4) is 0 Å². The highest BCUT2D eigenvalue weighted by atomic mass is 16.5. The zero-order chi connectivity index (χ0) is 7.84. The van der Waals surface area contributed by atoms with E-state index in [-0.39, 0.29) is 12.0 Å². The highest BCUT2D eigenvalue weighted by Gasteiger charge is 2.41. The van der Waals surface area contributed by atoms with E-state index in [1.165, 1.54) is 0 Å². The van der Waals surface area contributed by atoms with E-state index < -0.39 is 0 Å². The van der Waals surface area contributed by atoms with Gasteiger partial charge in [0.05, 0.1) is 12.1 Å².